The first kappa shape index (κ1) is 15.9. The first-order valence-corrected chi connectivity index (χ1v) is 8.43. The summed E-state index contributed by atoms with van der Waals surface area (Å²) < 4.78 is 7.10. The highest BCUT2D eigenvalue weighted by atomic mass is 35.5. The molecule has 6 nitrogen and oxygen atoms in total. The average Bonchev–Trinajstić information content (AvgIpc) is 3.13. The second kappa shape index (κ2) is 6.04. The summed E-state index contributed by atoms with van der Waals surface area (Å²) in [5.41, 5.74) is 3.84. The van der Waals surface area contributed by atoms with Crippen molar-refractivity contribution in [1.29, 1.82) is 0 Å². The van der Waals surface area contributed by atoms with Crippen molar-refractivity contribution in [2.24, 2.45) is 0 Å². The number of hydrogen-bond donors (Lipinski definition) is 1. The Balaban J connectivity index is 1.73. The van der Waals surface area contributed by atoms with Gasteiger partial charge in [-0.05, 0) is 31.5 Å². The van der Waals surface area contributed by atoms with Gasteiger partial charge in [0.1, 0.15) is 11.6 Å². The number of fused-ring (bicyclic) bond motifs is 1. The minimum absolute atomic E-state index is 0.0321. The molecule has 3 aromatic rings. The number of hydrogen-bond acceptors (Lipinski definition) is 4. The van der Waals surface area contributed by atoms with Gasteiger partial charge in [-0.15, -0.1) is 0 Å². The van der Waals surface area contributed by atoms with Gasteiger partial charge in [0.2, 0.25) is 5.91 Å². The Labute approximate surface area is 149 Å². The molecule has 2 aromatic heterocycles. The molecule has 0 radical (unpaired) electrons. The fraction of sp³-hybridized carbons (Fsp3) is 0.278. The van der Waals surface area contributed by atoms with Crippen LogP contribution in [0.4, 0.5) is 5.82 Å². The summed E-state index contributed by atoms with van der Waals surface area (Å²) in [6, 6.07) is 7.59. The Morgan fingerprint density at radius 2 is 2.08 bits per heavy atom. The fourth-order valence-electron chi connectivity index (χ4n) is 3.40. The van der Waals surface area contributed by atoms with Crippen molar-refractivity contribution < 1.29 is 9.32 Å². The smallest absolute Gasteiger partial charge is 0.226 e. The van der Waals surface area contributed by atoms with Crippen LogP contribution in [0.5, 0.6) is 0 Å². The molecule has 3 heterocycles. The van der Waals surface area contributed by atoms with Crippen molar-refractivity contribution in [2.75, 3.05) is 5.32 Å². The third kappa shape index (κ3) is 2.82. The van der Waals surface area contributed by atoms with Crippen LogP contribution in [0, 0.1) is 13.8 Å². The van der Waals surface area contributed by atoms with E-state index in [1.54, 1.807) is 4.68 Å². The molecule has 0 unspecified atom stereocenters. The minimum Gasteiger partial charge on any atom is -0.361 e. The van der Waals surface area contributed by atoms with Gasteiger partial charge in [-0.1, -0.05) is 28.9 Å². The summed E-state index contributed by atoms with van der Waals surface area (Å²) in [6.07, 6.45) is 2.18. The number of nitrogens with zero attached hydrogens (tertiary/aromatic N) is 3. The molecule has 0 bridgehead atoms. The molecule has 1 aromatic carbocycles. The molecule has 1 atom stereocenters. The number of aryl methyl sites for hydroxylation is 2. The van der Waals surface area contributed by atoms with Crippen LogP contribution in [-0.2, 0) is 11.3 Å². The molecule has 1 aliphatic rings. The maximum Gasteiger partial charge on any atom is 0.226 e. The molecule has 0 saturated heterocycles. The highest BCUT2D eigenvalue weighted by Gasteiger charge is 2.33. The number of nitrogens with one attached hydrogen (secondary N) is 1. The van der Waals surface area contributed by atoms with Gasteiger partial charge >= 0.3 is 0 Å². The van der Waals surface area contributed by atoms with E-state index in [1.165, 1.54) is 0 Å². The number of carbonyl (C=O) groups excluding carboxylic acids is 1. The molecule has 1 amide bonds. The number of amides is 1. The fourth-order valence-corrected chi connectivity index (χ4v) is 3.52. The van der Waals surface area contributed by atoms with E-state index in [0.29, 0.717) is 18.0 Å². The topological polar surface area (TPSA) is 73.0 Å². The van der Waals surface area contributed by atoms with E-state index in [9.17, 15) is 4.79 Å². The number of rotatable bonds is 3. The molecule has 0 fully saturated rings. The monoisotopic (exact) mass is 356 g/mol. The Morgan fingerprint density at radius 1 is 1.32 bits per heavy atom. The first-order valence-electron chi connectivity index (χ1n) is 8.05. The predicted octanol–water partition coefficient (Wildman–Crippen LogP) is 3.66. The van der Waals surface area contributed by atoms with Gasteiger partial charge in [-0.3, -0.25) is 4.79 Å². The quantitative estimate of drug-likeness (QED) is 0.777. The minimum atomic E-state index is -0.0889. The van der Waals surface area contributed by atoms with Gasteiger partial charge in [0, 0.05) is 28.5 Å². The zero-order chi connectivity index (χ0) is 17.6. The van der Waals surface area contributed by atoms with E-state index >= 15 is 0 Å². The number of carbonyl (C=O) groups is 1. The van der Waals surface area contributed by atoms with Gasteiger partial charge in [0.15, 0.2) is 0 Å². The van der Waals surface area contributed by atoms with E-state index in [-0.39, 0.29) is 11.8 Å². The Bertz CT molecular complexity index is 923. The molecule has 0 saturated carbocycles. The summed E-state index contributed by atoms with van der Waals surface area (Å²) in [6.45, 7) is 4.33. The zero-order valence-electron chi connectivity index (χ0n) is 13.9. The number of aromatic nitrogens is 3. The maximum absolute atomic E-state index is 12.3. The Kier molecular flexibility index (Phi) is 3.84. The lowest BCUT2D eigenvalue weighted by Crippen LogP contribution is -2.25. The van der Waals surface area contributed by atoms with Gasteiger partial charge in [-0.2, -0.15) is 5.10 Å². The molecule has 25 heavy (non-hydrogen) atoms. The lowest BCUT2D eigenvalue weighted by Gasteiger charge is -2.23. The van der Waals surface area contributed by atoms with Crippen molar-refractivity contribution in [3.8, 4) is 0 Å². The van der Waals surface area contributed by atoms with Crippen LogP contribution in [0.25, 0.3) is 0 Å². The van der Waals surface area contributed by atoms with Crippen molar-refractivity contribution in [3.63, 3.8) is 0 Å². The average molecular weight is 357 g/mol. The summed E-state index contributed by atoms with van der Waals surface area (Å²) in [7, 11) is 0. The standard InChI is InChI=1S/C18H17ClN4O2/c1-10-17(11(2)25-22-10)14-7-16(24)21-18-15(14)8-20-23(18)9-12-3-5-13(19)6-4-12/h3-6,8,14H,7,9H2,1-2H3,(H,21,24)/t14-/m0/s1. The van der Waals surface area contributed by atoms with Gasteiger partial charge in [0.25, 0.3) is 0 Å². The number of halogens is 1. The third-order valence-corrected chi connectivity index (χ3v) is 4.83. The largest absolute Gasteiger partial charge is 0.361 e. The first-order chi connectivity index (χ1) is 12.0. The highest BCUT2D eigenvalue weighted by molar-refractivity contribution is 6.30. The molecule has 1 aliphatic heterocycles. The second-order valence-corrected chi connectivity index (χ2v) is 6.71. The van der Waals surface area contributed by atoms with Crippen LogP contribution in [-0.4, -0.2) is 20.8 Å². The lowest BCUT2D eigenvalue weighted by atomic mass is 9.86. The summed E-state index contributed by atoms with van der Waals surface area (Å²) in [4.78, 5) is 12.3. The SMILES string of the molecule is Cc1noc(C)c1[C@H]1CC(=O)Nc2c1cnn2Cc1ccc(Cl)cc1. The molecule has 0 spiro atoms. The van der Waals surface area contributed by atoms with Crippen molar-refractivity contribution >= 4 is 23.3 Å². The van der Waals surface area contributed by atoms with Crippen LogP contribution in [0.15, 0.2) is 35.0 Å². The molecule has 1 N–H and O–H groups in total. The van der Waals surface area contributed by atoms with Crippen LogP contribution in [0.2, 0.25) is 5.02 Å². The molecular weight excluding hydrogens is 340 g/mol. The molecule has 4 rings (SSSR count). The predicted molar refractivity (Wildman–Crippen MR) is 93.8 cm³/mol. The van der Waals surface area contributed by atoms with Crippen LogP contribution < -0.4 is 5.32 Å². The number of benzene rings is 1. The van der Waals surface area contributed by atoms with Crippen molar-refractivity contribution in [3.05, 3.63) is 63.6 Å². The lowest BCUT2D eigenvalue weighted by molar-refractivity contribution is -0.116. The Morgan fingerprint density at radius 3 is 2.76 bits per heavy atom. The second-order valence-electron chi connectivity index (χ2n) is 6.28. The van der Waals surface area contributed by atoms with Crippen LogP contribution >= 0.6 is 11.6 Å². The van der Waals surface area contributed by atoms with E-state index in [1.807, 2.05) is 44.3 Å². The van der Waals surface area contributed by atoms with Crippen molar-refractivity contribution in [2.45, 2.75) is 32.7 Å². The maximum atomic E-state index is 12.3. The van der Waals surface area contributed by atoms with E-state index < -0.39 is 0 Å². The van der Waals surface area contributed by atoms with E-state index in [4.69, 9.17) is 16.1 Å². The van der Waals surface area contributed by atoms with Gasteiger partial charge in [0.05, 0.1) is 18.4 Å². The van der Waals surface area contributed by atoms with E-state index in [2.05, 4.69) is 15.6 Å². The van der Waals surface area contributed by atoms with E-state index in [0.717, 1.165) is 34.0 Å². The molecule has 0 aliphatic carbocycles. The number of anilines is 1. The molecular formula is C18H17ClN4O2. The highest BCUT2D eigenvalue weighted by Crippen LogP contribution is 2.39. The normalized spacial score (nSPS) is 16.6. The van der Waals surface area contributed by atoms with Gasteiger partial charge in [-0.25, -0.2) is 4.68 Å². The van der Waals surface area contributed by atoms with Crippen LogP contribution in [0.1, 0.15) is 40.5 Å². The molecule has 128 valence electrons. The van der Waals surface area contributed by atoms with Crippen molar-refractivity contribution in [1.82, 2.24) is 14.9 Å². The molecule has 7 heteroatoms. The van der Waals surface area contributed by atoms with Gasteiger partial charge < -0.3 is 9.84 Å². The third-order valence-electron chi connectivity index (χ3n) is 4.57. The summed E-state index contributed by atoms with van der Waals surface area (Å²) >= 11 is 5.94. The summed E-state index contributed by atoms with van der Waals surface area (Å²) in [5, 5.41) is 12.2. The Hall–Kier alpha value is -2.60. The van der Waals surface area contributed by atoms with Crippen LogP contribution in [0.3, 0.4) is 0 Å². The summed E-state index contributed by atoms with van der Waals surface area (Å²) in [5.74, 6) is 1.36. The zero-order valence-corrected chi connectivity index (χ0v) is 14.7.